The van der Waals surface area contributed by atoms with Gasteiger partial charge in [-0.3, -0.25) is 9.59 Å². The number of benzene rings is 2. The molecule has 0 unspecified atom stereocenters. The Bertz CT molecular complexity index is 1090. The van der Waals surface area contributed by atoms with Gasteiger partial charge in [0, 0.05) is 11.1 Å². The molecule has 0 bridgehead atoms. The second-order valence-electron chi connectivity index (χ2n) is 6.00. The molecule has 0 aliphatic heterocycles. The first-order valence-electron chi connectivity index (χ1n) is 8.99. The first-order valence-corrected chi connectivity index (χ1v) is 10.3. The molecule has 0 fully saturated rings. The van der Waals surface area contributed by atoms with Gasteiger partial charge in [0.15, 0.2) is 0 Å². The molecule has 0 atom stereocenters. The summed E-state index contributed by atoms with van der Waals surface area (Å²) in [5.74, 6) is -1.03. The second-order valence-corrected chi connectivity index (χ2v) is 7.38. The summed E-state index contributed by atoms with van der Waals surface area (Å²) in [5.41, 5.74) is 3.77. The number of hydrogen-bond donors (Lipinski definition) is 2. The van der Waals surface area contributed by atoms with E-state index in [1.165, 1.54) is 17.6 Å². The van der Waals surface area contributed by atoms with E-state index in [9.17, 15) is 9.59 Å². The van der Waals surface area contributed by atoms with Gasteiger partial charge in [0.1, 0.15) is 5.70 Å². The Morgan fingerprint density at radius 1 is 0.967 bits per heavy atom. The second kappa shape index (κ2) is 10.9. The first kappa shape index (κ1) is 21.2. The number of carbonyl (C=O) groups is 2. The molecular weight excluding hydrogens is 418 g/mol. The van der Waals surface area contributed by atoms with Crippen molar-refractivity contribution in [2.24, 2.45) is 5.10 Å². The number of hydrogen-bond acceptors (Lipinski definition) is 4. The lowest BCUT2D eigenvalue weighted by molar-refractivity contribution is -0.117. The molecule has 5 nitrogen and oxygen atoms in total. The normalized spacial score (nSPS) is 11.7. The van der Waals surface area contributed by atoms with E-state index < -0.39 is 11.8 Å². The smallest absolute Gasteiger partial charge is 0.287 e. The maximum atomic E-state index is 12.6. The van der Waals surface area contributed by atoms with Gasteiger partial charge in [-0.2, -0.15) is 5.10 Å². The predicted molar refractivity (Wildman–Crippen MR) is 123 cm³/mol. The van der Waals surface area contributed by atoms with Crippen LogP contribution < -0.4 is 10.7 Å². The van der Waals surface area contributed by atoms with Crippen molar-refractivity contribution in [1.29, 1.82) is 0 Å². The fraction of sp³-hybridized carbons (Fsp3) is 0. The first-order chi connectivity index (χ1) is 14.6. The zero-order valence-corrected chi connectivity index (χ0v) is 17.4. The number of nitrogens with one attached hydrogen (secondary N) is 2. The number of nitrogens with zero attached hydrogens (tertiary/aromatic N) is 1. The Labute approximate surface area is 183 Å². The Hall–Kier alpha value is -3.48. The van der Waals surface area contributed by atoms with Crippen molar-refractivity contribution in [2.45, 2.75) is 0 Å². The monoisotopic (exact) mass is 435 g/mol. The number of thiophene rings is 1. The molecule has 0 radical (unpaired) electrons. The van der Waals surface area contributed by atoms with Gasteiger partial charge in [-0.1, -0.05) is 66.2 Å². The molecule has 1 aromatic heterocycles. The van der Waals surface area contributed by atoms with Crippen LogP contribution in [0.4, 0.5) is 0 Å². The van der Waals surface area contributed by atoms with Crippen LogP contribution in [0.1, 0.15) is 20.8 Å². The Morgan fingerprint density at radius 2 is 1.73 bits per heavy atom. The van der Waals surface area contributed by atoms with Gasteiger partial charge in [-0.05, 0) is 41.3 Å². The number of rotatable bonds is 7. The van der Waals surface area contributed by atoms with Crippen LogP contribution >= 0.6 is 22.9 Å². The van der Waals surface area contributed by atoms with Gasteiger partial charge < -0.3 is 5.32 Å². The maximum Gasteiger partial charge on any atom is 0.287 e. The third-order valence-corrected chi connectivity index (χ3v) is 5.00. The lowest BCUT2D eigenvalue weighted by Crippen LogP contribution is -2.32. The molecule has 2 amide bonds. The van der Waals surface area contributed by atoms with Gasteiger partial charge in [-0.25, -0.2) is 5.43 Å². The quantitative estimate of drug-likeness (QED) is 0.312. The molecule has 2 aromatic carbocycles. The minimum absolute atomic E-state index is 0.0616. The van der Waals surface area contributed by atoms with E-state index in [4.69, 9.17) is 11.6 Å². The fourth-order valence-corrected chi connectivity index (χ4v) is 3.31. The van der Waals surface area contributed by atoms with Gasteiger partial charge in [0.2, 0.25) is 0 Å². The van der Waals surface area contributed by atoms with E-state index >= 15 is 0 Å². The predicted octanol–water partition coefficient (Wildman–Crippen LogP) is 4.99. The summed E-state index contributed by atoms with van der Waals surface area (Å²) >= 11 is 7.52. The SMILES string of the molecule is O=C(NN=C/C=C\c1ccccc1)/C(=C/c1cccs1)NC(=O)c1ccccc1Cl. The Balaban J connectivity index is 1.70. The van der Waals surface area contributed by atoms with E-state index in [0.717, 1.165) is 10.4 Å². The summed E-state index contributed by atoms with van der Waals surface area (Å²) in [5, 5.41) is 8.71. The molecule has 2 N–H and O–H groups in total. The summed E-state index contributed by atoms with van der Waals surface area (Å²) in [6, 6.07) is 20.0. The van der Waals surface area contributed by atoms with Gasteiger partial charge in [0.25, 0.3) is 11.8 Å². The van der Waals surface area contributed by atoms with E-state index in [2.05, 4.69) is 15.8 Å². The summed E-state index contributed by atoms with van der Waals surface area (Å²) in [7, 11) is 0. The molecule has 7 heteroatoms. The van der Waals surface area contributed by atoms with Crippen LogP contribution in [0.3, 0.4) is 0 Å². The average Bonchev–Trinajstić information content (AvgIpc) is 3.27. The molecule has 0 saturated heterocycles. The van der Waals surface area contributed by atoms with Crippen LogP contribution in [-0.4, -0.2) is 18.0 Å². The van der Waals surface area contributed by atoms with Crippen LogP contribution in [0, 0.1) is 0 Å². The molecule has 3 aromatic rings. The number of hydrazone groups is 1. The minimum atomic E-state index is -0.548. The van der Waals surface area contributed by atoms with Crippen LogP contribution in [0.15, 0.2) is 89.0 Å². The third kappa shape index (κ3) is 6.27. The van der Waals surface area contributed by atoms with E-state index in [0.29, 0.717) is 5.02 Å². The standard InChI is InChI=1S/C23H18ClN3O2S/c24-20-13-5-4-12-19(20)22(28)26-21(16-18-11-7-15-30-18)23(29)27-25-14-6-10-17-8-2-1-3-9-17/h1-16H,(H,26,28)(H,27,29)/b10-6-,21-16-,25-14?. The molecule has 0 aliphatic rings. The lowest BCUT2D eigenvalue weighted by atomic mass is 10.2. The number of halogens is 1. The molecule has 0 spiro atoms. The largest absolute Gasteiger partial charge is 0.317 e. The van der Waals surface area contributed by atoms with E-state index in [1.54, 1.807) is 36.4 Å². The van der Waals surface area contributed by atoms with Crippen molar-refractivity contribution in [3.63, 3.8) is 0 Å². The Kier molecular flexibility index (Phi) is 7.71. The molecule has 3 rings (SSSR count). The summed E-state index contributed by atoms with van der Waals surface area (Å²) in [6.45, 7) is 0. The average molecular weight is 436 g/mol. The number of amides is 2. The highest BCUT2D eigenvalue weighted by Gasteiger charge is 2.16. The molecule has 0 aliphatic carbocycles. The van der Waals surface area contributed by atoms with Gasteiger partial charge in [0.05, 0.1) is 10.6 Å². The van der Waals surface area contributed by atoms with Gasteiger partial charge in [-0.15, -0.1) is 11.3 Å². The molecular formula is C23H18ClN3O2S. The summed E-state index contributed by atoms with van der Waals surface area (Å²) in [6.07, 6.45) is 6.62. The Morgan fingerprint density at radius 3 is 2.47 bits per heavy atom. The van der Waals surface area contributed by atoms with Crippen LogP contribution in [0.25, 0.3) is 12.2 Å². The molecule has 1 heterocycles. The van der Waals surface area contributed by atoms with E-state index in [-0.39, 0.29) is 11.3 Å². The molecule has 150 valence electrons. The third-order valence-electron chi connectivity index (χ3n) is 3.86. The van der Waals surface area contributed by atoms with Crippen LogP contribution in [0.5, 0.6) is 0 Å². The van der Waals surface area contributed by atoms with Crippen molar-refractivity contribution in [3.05, 3.63) is 105 Å². The van der Waals surface area contributed by atoms with Crippen molar-refractivity contribution in [2.75, 3.05) is 0 Å². The van der Waals surface area contributed by atoms with Crippen LogP contribution in [0.2, 0.25) is 5.02 Å². The summed E-state index contributed by atoms with van der Waals surface area (Å²) < 4.78 is 0. The molecule has 0 saturated carbocycles. The fourth-order valence-electron chi connectivity index (χ4n) is 2.43. The summed E-state index contributed by atoms with van der Waals surface area (Å²) in [4.78, 5) is 26.0. The highest BCUT2D eigenvalue weighted by molar-refractivity contribution is 7.10. The zero-order valence-electron chi connectivity index (χ0n) is 15.8. The van der Waals surface area contributed by atoms with Crippen molar-refractivity contribution >= 4 is 53.1 Å². The van der Waals surface area contributed by atoms with Gasteiger partial charge >= 0.3 is 0 Å². The minimum Gasteiger partial charge on any atom is -0.317 e. The van der Waals surface area contributed by atoms with E-state index in [1.807, 2.05) is 53.9 Å². The van der Waals surface area contributed by atoms with Crippen molar-refractivity contribution in [1.82, 2.24) is 10.7 Å². The number of allylic oxidation sites excluding steroid dienone is 1. The zero-order chi connectivity index (χ0) is 21.2. The topological polar surface area (TPSA) is 70.6 Å². The molecule has 30 heavy (non-hydrogen) atoms. The van der Waals surface area contributed by atoms with Crippen molar-refractivity contribution in [3.8, 4) is 0 Å². The van der Waals surface area contributed by atoms with Crippen LogP contribution in [-0.2, 0) is 4.79 Å². The van der Waals surface area contributed by atoms with Crippen molar-refractivity contribution < 1.29 is 9.59 Å². The highest BCUT2D eigenvalue weighted by atomic mass is 35.5. The highest BCUT2D eigenvalue weighted by Crippen LogP contribution is 2.16. The maximum absolute atomic E-state index is 12.6. The lowest BCUT2D eigenvalue weighted by Gasteiger charge is -2.09. The number of carbonyl (C=O) groups excluding carboxylic acids is 2.